The van der Waals surface area contributed by atoms with E-state index in [4.69, 9.17) is 0 Å². The van der Waals surface area contributed by atoms with Crippen molar-refractivity contribution in [2.75, 3.05) is 25.9 Å². The summed E-state index contributed by atoms with van der Waals surface area (Å²) < 4.78 is 25.0. The van der Waals surface area contributed by atoms with Crippen LogP contribution in [0, 0.1) is 0 Å². The number of unbranched alkanes of at least 4 members (excludes halogenated alkanes) is 2. The zero-order chi connectivity index (χ0) is 10.2. The van der Waals surface area contributed by atoms with Gasteiger partial charge in [0.2, 0.25) is 10.0 Å². The monoisotopic (exact) mass is 208 g/mol. The zero-order valence-electron chi connectivity index (χ0n) is 8.47. The first-order chi connectivity index (χ1) is 6.12. The fourth-order valence-electron chi connectivity index (χ4n) is 0.911. The minimum Gasteiger partial charge on any atom is -0.319 e. The molecule has 0 amide bonds. The maximum absolute atomic E-state index is 11.2. The van der Waals surface area contributed by atoms with Crippen molar-refractivity contribution in [3.05, 3.63) is 0 Å². The predicted octanol–water partition coefficient (Wildman–Crippen LogP) is 0.315. The highest BCUT2D eigenvalue weighted by atomic mass is 32.2. The van der Waals surface area contributed by atoms with Crippen LogP contribution >= 0.6 is 0 Å². The molecule has 0 aliphatic carbocycles. The Bertz CT molecular complexity index is 202. The highest BCUT2D eigenvalue weighted by molar-refractivity contribution is 7.89. The molecule has 0 atom stereocenters. The van der Waals surface area contributed by atoms with E-state index in [1.807, 2.05) is 0 Å². The lowest BCUT2D eigenvalue weighted by Crippen LogP contribution is -2.31. The summed E-state index contributed by atoms with van der Waals surface area (Å²) in [7, 11) is -1.29. The number of hydrogen-bond acceptors (Lipinski definition) is 3. The van der Waals surface area contributed by atoms with Crippen molar-refractivity contribution >= 4 is 10.0 Å². The summed E-state index contributed by atoms with van der Waals surface area (Å²) >= 11 is 0. The molecule has 0 unspecified atom stereocenters. The summed E-state index contributed by atoms with van der Waals surface area (Å²) in [6, 6.07) is 0. The standard InChI is InChI=1S/C8H20N2O2S/c1-3-4-5-6-10-13(11,12)8-7-9-2/h9-10H,3-8H2,1-2H3. The number of nitrogens with one attached hydrogen (secondary N) is 2. The van der Waals surface area contributed by atoms with Gasteiger partial charge in [-0.25, -0.2) is 13.1 Å². The molecule has 0 bridgehead atoms. The van der Waals surface area contributed by atoms with Gasteiger partial charge in [-0.2, -0.15) is 0 Å². The molecule has 0 aromatic carbocycles. The van der Waals surface area contributed by atoms with Crippen LogP contribution in [0.1, 0.15) is 26.2 Å². The van der Waals surface area contributed by atoms with E-state index in [1.54, 1.807) is 7.05 Å². The van der Waals surface area contributed by atoms with Gasteiger partial charge in [-0.15, -0.1) is 0 Å². The first-order valence-electron chi connectivity index (χ1n) is 4.74. The van der Waals surface area contributed by atoms with Gasteiger partial charge in [0.15, 0.2) is 0 Å². The molecule has 80 valence electrons. The molecule has 13 heavy (non-hydrogen) atoms. The summed E-state index contributed by atoms with van der Waals surface area (Å²) in [5.41, 5.74) is 0. The van der Waals surface area contributed by atoms with Crippen molar-refractivity contribution in [3.8, 4) is 0 Å². The molecule has 4 nitrogen and oxygen atoms in total. The van der Waals surface area contributed by atoms with Crippen LogP contribution in [0.4, 0.5) is 0 Å². The van der Waals surface area contributed by atoms with Gasteiger partial charge < -0.3 is 5.32 Å². The van der Waals surface area contributed by atoms with Crippen LogP contribution in [0.15, 0.2) is 0 Å². The Kier molecular flexibility index (Phi) is 7.22. The van der Waals surface area contributed by atoms with Crippen molar-refractivity contribution in [3.63, 3.8) is 0 Å². The minimum atomic E-state index is -3.04. The third-order valence-corrected chi connectivity index (χ3v) is 3.11. The Morgan fingerprint density at radius 1 is 1.15 bits per heavy atom. The van der Waals surface area contributed by atoms with E-state index in [0.29, 0.717) is 13.1 Å². The molecule has 0 radical (unpaired) electrons. The lowest BCUT2D eigenvalue weighted by Gasteiger charge is -2.05. The lowest BCUT2D eigenvalue weighted by molar-refractivity contribution is 0.574. The Morgan fingerprint density at radius 2 is 1.85 bits per heavy atom. The normalized spacial score (nSPS) is 11.8. The molecule has 5 heteroatoms. The van der Waals surface area contributed by atoms with Crippen LogP contribution in [0.3, 0.4) is 0 Å². The van der Waals surface area contributed by atoms with Gasteiger partial charge in [0.05, 0.1) is 5.75 Å². The van der Waals surface area contributed by atoms with Crippen molar-refractivity contribution in [1.29, 1.82) is 0 Å². The van der Waals surface area contributed by atoms with Crippen molar-refractivity contribution in [1.82, 2.24) is 10.0 Å². The SMILES string of the molecule is CCCCCNS(=O)(=O)CCNC. The molecule has 0 aliphatic rings. The lowest BCUT2D eigenvalue weighted by atomic mass is 10.3. The summed E-state index contributed by atoms with van der Waals surface area (Å²) in [6.45, 7) is 3.17. The first kappa shape index (κ1) is 12.9. The maximum atomic E-state index is 11.2. The number of rotatable bonds is 8. The first-order valence-corrected chi connectivity index (χ1v) is 6.39. The largest absolute Gasteiger partial charge is 0.319 e. The molecule has 0 aliphatic heterocycles. The van der Waals surface area contributed by atoms with Crippen molar-refractivity contribution in [2.24, 2.45) is 0 Å². The van der Waals surface area contributed by atoms with E-state index in [9.17, 15) is 8.42 Å². The maximum Gasteiger partial charge on any atom is 0.212 e. The molecule has 0 aromatic rings. The van der Waals surface area contributed by atoms with Crippen LogP contribution in [0.5, 0.6) is 0 Å². The van der Waals surface area contributed by atoms with Gasteiger partial charge in [-0.1, -0.05) is 19.8 Å². The minimum absolute atomic E-state index is 0.162. The fourth-order valence-corrected chi connectivity index (χ4v) is 1.98. The van der Waals surface area contributed by atoms with E-state index in [-0.39, 0.29) is 5.75 Å². The van der Waals surface area contributed by atoms with Crippen LogP contribution in [-0.2, 0) is 10.0 Å². The summed E-state index contributed by atoms with van der Waals surface area (Å²) in [6.07, 6.45) is 3.11. The van der Waals surface area contributed by atoms with E-state index >= 15 is 0 Å². The Morgan fingerprint density at radius 3 is 2.38 bits per heavy atom. The van der Waals surface area contributed by atoms with E-state index in [0.717, 1.165) is 19.3 Å². The Labute approximate surface area is 81.2 Å². The van der Waals surface area contributed by atoms with Crippen LogP contribution in [-0.4, -0.2) is 34.3 Å². The predicted molar refractivity (Wildman–Crippen MR) is 55.2 cm³/mol. The Hall–Kier alpha value is -0.130. The van der Waals surface area contributed by atoms with Gasteiger partial charge in [0.25, 0.3) is 0 Å². The Balaban J connectivity index is 3.52. The molecule has 0 fully saturated rings. The van der Waals surface area contributed by atoms with Crippen molar-refractivity contribution < 1.29 is 8.42 Å². The van der Waals surface area contributed by atoms with Crippen LogP contribution in [0.25, 0.3) is 0 Å². The van der Waals surface area contributed by atoms with Gasteiger partial charge in [-0.05, 0) is 13.5 Å². The molecule has 0 spiro atoms. The quantitative estimate of drug-likeness (QED) is 0.565. The van der Waals surface area contributed by atoms with Crippen LogP contribution < -0.4 is 10.0 Å². The average Bonchev–Trinajstić information content (AvgIpc) is 2.09. The molecule has 0 saturated heterocycles. The van der Waals surface area contributed by atoms with E-state index in [2.05, 4.69) is 17.0 Å². The summed E-state index contributed by atoms with van der Waals surface area (Å²) in [5.74, 6) is 0.162. The molecular formula is C8H20N2O2S. The second-order valence-electron chi connectivity index (χ2n) is 3.02. The van der Waals surface area contributed by atoms with Gasteiger partial charge >= 0.3 is 0 Å². The molecule has 0 heterocycles. The molecule has 2 N–H and O–H groups in total. The average molecular weight is 208 g/mol. The highest BCUT2D eigenvalue weighted by Gasteiger charge is 2.07. The highest BCUT2D eigenvalue weighted by Crippen LogP contribution is 1.92. The molecule has 0 aromatic heterocycles. The van der Waals surface area contributed by atoms with E-state index in [1.165, 1.54) is 0 Å². The molecule has 0 rings (SSSR count). The third kappa shape index (κ3) is 8.21. The number of sulfonamides is 1. The fraction of sp³-hybridized carbons (Fsp3) is 1.00. The summed E-state index contributed by atoms with van der Waals surface area (Å²) in [4.78, 5) is 0. The zero-order valence-corrected chi connectivity index (χ0v) is 9.28. The van der Waals surface area contributed by atoms with Gasteiger partial charge in [-0.3, -0.25) is 0 Å². The smallest absolute Gasteiger partial charge is 0.212 e. The van der Waals surface area contributed by atoms with Crippen LogP contribution in [0.2, 0.25) is 0 Å². The third-order valence-electron chi connectivity index (χ3n) is 1.72. The number of hydrogen-bond donors (Lipinski definition) is 2. The van der Waals surface area contributed by atoms with E-state index < -0.39 is 10.0 Å². The molecular weight excluding hydrogens is 188 g/mol. The van der Waals surface area contributed by atoms with Crippen molar-refractivity contribution in [2.45, 2.75) is 26.2 Å². The topological polar surface area (TPSA) is 58.2 Å². The second-order valence-corrected chi connectivity index (χ2v) is 4.95. The van der Waals surface area contributed by atoms with Gasteiger partial charge in [0, 0.05) is 13.1 Å². The summed E-state index contributed by atoms with van der Waals surface area (Å²) in [5, 5.41) is 2.81. The molecule has 0 saturated carbocycles. The second kappa shape index (κ2) is 7.29. The van der Waals surface area contributed by atoms with Gasteiger partial charge in [0.1, 0.15) is 0 Å².